The largest absolute Gasteiger partial charge is 0.414 e. The van der Waals surface area contributed by atoms with E-state index >= 15 is 0 Å². The lowest BCUT2D eigenvalue weighted by Crippen LogP contribution is -2.42. The molecule has 0 amide bonds. The lowest BCUT2D eigenvalue weighted by molar-refractivity contribution is 0.00563. The van der Waals surface area contributed by atoms with Gasteiger partial charge in [-0.05, 0) is 50.7 Å². The van der Waals surface area contributed by atoms with Crippen molar-refractivity contribution in [2.24, 2.45) is 0 Å². The van der Waals surface area contributed by atoms with Gasteiger partial charge in [0.1, 0.15) is 0 Å². The van der Waals surface area contributed by atoms with Crippen molar-refractivity contribution in [2.45, 2.75) is 82.4 Å². The quantitative estimate of drug-likeness (QED) is 0.449. The Morgan fingerprint density at radius 3 is 2.09 bits per heavy atom. The van der Waals surface area contributed by atoms with Crippen LogP contribution in [0.4, 0.5) is 0 Å². The molecule has 0 saturated heterocycles. The van der Waals surface area contributed by atoms with Crippen LogP contribution in [-0.2, 0) is 19.3 Å². The molecule has 1 aliphatic rings. The minimum atomic E-state index is -3.98. The van der Waals surface area contributed by atoms with E-state index in [2.05, 4.69) is 33.9 Å². The first-order valence-electron chi connectivity index (χ1n) is 8.01. The Hall–Kier alpha value is 0.0469. The summed E-state index contributed by atoms with van der Waals surface area (Å²) in [5.74, 6) is 0. The van der Waals surface area contributed by atoms with E-state index in [0.29, 0.717) is 38.9 Å². The van der Waals surface area contributed by atoms with E-state index in [1.165, 1.54) is 0 Å². The van der Waals surface area contributed by atoms with Crippen molar-refractivity contribution < 1.29 is 22.1 Å². The third kappa shape index (κ3) is 5.02. The molecule has 0 unspecified atom stereocenters. The van der Waals surface area contributed by atoms with Crippen LogP contribution in [0.1, 0.15) is 53.4 Å². The highest BCUT2D eigenvalue weighted by molar-refractivity contribution is 7.87. The first-order valence-corrected chi connectivity index (χ1v) is 12.4. The third-order valence-corrected chi connectivity index (χ3v) is 11.5. The topological polar surface area (TPSA) is 72.8 Å². The fraction of sp³-hybridized carbons (Fsp3) is 1.00. The van der Waals surface area contributed by atoms with Crippen molar-refractivity contribution in [2.75, 3.05) is 13.2 Å². The molecule has 0 heterocycles. The summed E-state index contributed by atoms with van der Waals surface area (Å²) in [6, 6.07) is 0. The summed E-state index contributed by atoms with van der Waals surface area (Å²) in [6.45, 7) is 13.8. The first-order chi connectivity index (χ1) is 9.79. The van der Waals surface area contributed by atoms with Gasteiger partial charge in [-0.25, -0.2) is 0 Å². The molecule has 1 fully saturated rings. The van der Waals surface area contributed by atoms with Crippen molar-refractivity contribution in [1.82, 2.24) is 0 Å². The molecule has 0 aromatic rings. The SMILES string of the molecule is CC(C)(C)[Si](C)(C)OCCOC1CCC(C)(S(=O)(=O)O)CC1. The van der Waals surface area contributed by atoms with E-state index in [-0.39, 0.29) is 11.1 Å². The summed E-state index contributed by atoms with van der Waals surface area (Å²) in [4.78, 5) is 0. The minimum Gasteiger partial charge on any atom is -0.414 e. The van der Waals surface area contributed by atoms with E-state index in [9.17, 15) is 13.0 Å². The summed E-state index contributed by atoms with van der Waals surface area (Å²) in [5.41, 5.74) is 0. The van der Waals surface area contributed by atoms with Crippen LogP contribution in [-0.4, -0.2) is 45.4 Å². The molecule has 0 atom stereocenters. The highest BCUT2D eigenvalue weighted by Gasteiger charge is 2.41. The zero-order valence-corrected chi connectivity index (χ0v) is 16.6. The van der Waals surface area contributed by atoms with Crippen molar-refractivity contribution in [1.29, 1.82) is 0 Å². The molecule has 1 aliphatic carbocycles. The van der Waals surface area contributed by atoms with Crippen molar-refractivity contribution in [3.63, 3.8) is 0 Å². The molecule has 1 rings (SSSR count). The third-order valence-electron chi connectivity index (χ3n) is 5.32. The molecule has 0 aromatic carbocycles. The van der Waals surface area contributed by atoms with Gasteiger partial charge in [0.15, 0.2) is 8.32 Å². The minimum absolute atomic E-state index is 0.0674. The maximum absolute atomic E-state index is 11.4. The Labute approximate surface area is 136 Å². The number of ether oxygens (including phenoxy) is 1. The Morgan fingerprint density at radius 2 is 1.68 bits per heavy atom. The zero-order valence-electron chi connectivity index (χ0n) is 14.8. The standard InChI is InChI=1S/C15H32O5SSi/c1-14(2,3)22(5,6)20-12-11-19-13-7-9-15(4,10-8-13)21(16,17)18/h13H,7-12H2,1-6H3,(H,16,17,18). The van der Waals surface area contributed by atoms with Gasteiger partial charge in [0.2, 0.25) is 0 Å². The Kier molecular flexibility index (Phi) is 6.29. The van der Waals surface area contributed by atoms with Crippen LogP contribution in [0.25, 0.3) is 0 Å². The van der Waals surface area contributed by atoms with Crippen LogP contribution >= 0.6 is 0 Å². The second-order valence-electron chi connectivity index (χ2n) is 8.10. The number of rotatable bonds is 6. The summed E-state index contributed by atoms with van der Waals surface area (Å²) < 4.78 is 42.9. The monoisotopic (exact) mass is 352 g/mol. The maximum atomic E-state index is 11.4. The van der Waals surface area contributed by atoms with Gasteiger partial charge in [0, 0.05) is 0 Å². The summed E-state index contributed by atoms with van der Waals surface area (Å²) >= 11 is 0. The molecule has 22 heavy (non-hydrogen) atoms. The van der Waals surface area contributed by atoms with Crippen LogP contribution in [0.3, 0.4) is 0 Å². The fourth-order valence-corrected chi connectivity index (χ4v) is 4.13. The Morgan fingerprint density at radius 1 is 1.18 bits per heavy atom. The van der Waals surface area contributed by atoms with Gasteiger partial charge in [-0.15, -0.1) is 0 Å². The molecule has 5 nitrogen and oxygen atoms in total. The van der Waals surface area contributed by atoms with E-state index in [4.69, 9.17) is 9.16 Å². The first kappa shape index (κ1) is 20.1. The lowest BCUT2D eigenvalue weighted by Gasteiger charge is -2.37. The number of hydrogen-bond donors (Lipinski definition) is 1. The van der Waals surface area contributed by atoms with Crippen LogP contribution < -0.4 is 0 Å². The molecule has 0 aliphatic heterocycles. The van der Waals surface area contributed by atoms with E-state index in [0.717, 1.165) is 0 Å². The second kappa shape index (κ2) is 6.89. The van der Waals surface area contributed by atoms with Crippen molar-refractivity contribution in [3.8, 4) is 0 Å². The van der Waals surface area contributed by atoms with Gasteiger partial charge < -0.3 is 9.16 Å². The molecule has 0 aromatic heterocycles. The van der Waals surface area contributed by atoms with Crippen LogP contribution in [0.5, 0.6) is 0 Å². The molecular weight excluding hydrogens is 320 g/mol. The second-order valence-corrected chi connectivity index (χ2v) is 14.8. The van der Waals surface area contributed by atoms with Gasteiger partial charge in [0.25, 0.3) is 10.1 Å². The molecule has 0 spiro atoms. The average Bonchev–Trinajstić information content (AvgIpc) is 2.34. The highest BCUT2D eigenvalue weighted by atomic mass is 32.2. The highest BCUT2D eigenvalue weighted by Crippen LogP contribution is 2.37. The molecule has 1 N–H and O–H groups in total. The van der Waals surface area contributed by atoms with Crippen molar-refractivity contribution in [3.05, 3.63) is 0 Å². The normalized spacial score (nSPS) is 27.9. The predicted octanol–water partition coefficient (Wildman–Crippen LogP) is 3.61. The van der Waals surface area contributed by atoms with Gasteiger partial charge in [-0.2, -0.15) is 8.42 Å². The fourth-order valence-electron chi connectivity index (χ4n) is 2.35. The number of hydrogen-bond acceptors (Lipinski definition) is 4. The predicted molar refractivity (Wildman–Crippen MR) is 91.3 cm³/mol. The van der Waals surface area contributed by atoms with Gasteiger partial charge >= 0.3 is 0 Å². The Bertz CT molecular complexity index is 459. The molecule has 1 saturated carbocycles. The van der Waals surface area contributed by atoms with E-state index in [1.807, 2.05) is 0 Å². The molecule has 0 radical (unpaired) electrons. The van der Waals surface area contributed by atoms with Crippen LogP contribution in [0.2, 0.25) is 18.1 Å². The molecule has 7 heteroatoms. The maximum Gasteiger partial charge on any atom is 0.270 e. The average molecular weight is 353 g/mol. The van der Waals surface area contributed by atoms with Crippen LogP contribution in [0, 0.1) is 0 Å². The van der Waals surface area contributed by atoms with Gasteiger partial charge in [-0.1, -0.05) is 20.8 Å². The Balaban J connectivity index is 2.32. The molecule has 0 bridgehead atoms. The van der Waals surface area contributed by atoms with Crippen LogP contribution in [0.15, 0.2) is 0 Å². The molecule has 132 valence electrons. The van der Waals surface area contributed by atoms with Crippen molar-refractivity contribution >= 4 is 18.4 Å². The molecular formula is C15H32O5SSi. The lowest BCUT2D eigenvalue weighted by atomic mass is 9.88. The summed E-state index contributed by atoms with van der Waals surface area (Å²) in [6.07, 6.45) is 2.28. The summed E-state index contributed by atoms with van der Waals surface area (Å²) in [5, 5.41) is 0.190. The van der Waals surface area contributed by atoms with E-state index in [1.54, 1.807) is 6.92 Å². The zero-order chi connectivity index (χ0) is 17.2. The van der Waals surface area contributed by atoms with Gasteiger partial charge in [0.05, 0.1) is 24.1 Å². The van der Waals surface area contributed by atoms with E-state index < -0.39 is 23.2 Å². The summed E-state index contributed by atoms with van der Waals surface area (Å²) in [7, 11) is -5.72. The van der Waals surface area contributed by atoms with Gasteiger partial charge in [-0.3, -0.25) is 4.55 Å². The smallest absolute Gasteiger partial charge is 0.270 e.